The van der Waals surface area contributed by atoms with E-state index in [1.807, 2.05) is 24.3 Å². The van der Waals surface area contributed by atoms with Gasteiger partial charge in [-0.1, -0.05) is 44.2 Å². The second kappa shape index (κ2) is 4.44. The number of amides is 1. The third-order valence-corrected chi connectivity index (χ3v) is 5.03. The van der Waals surface area contributed by atoms with Crippen molar-refractivity contribution in [1.29, 1.82) is 0 Å². The Morgan fingerprint density at radius 3 is 2.65 bits per heavy atom. The van der Waals surface area contributed by atoms with Gasteiger partial charge in [-0.25, -0.2) is 4.79 Å². The lowest BCUT2D eigenvalue weighted by Crippen LogP contribution is -2.39. The number of carboxylic acid groups (broad SMARTS) is 1. The molecule has 2 heterocycles. The first-order valence-corrected chi connectivity index (χ1v) is 7.71. The highest BCUT2D eigenvalue weighted by atomic mass is 16.4. The summed E-state index contributed by atoms with van der Waals surface area (Å²) in [5.74, 6) is -1.26. The fraction of sp³-hybridized carbons (Fsp3) is 0.263. The zero-order valence-electron chi connectivity index (χ0n) is 13.0. The highest BCUT2D eigenvalue weighted by molar-refractivity contribution is 6.16. The standard InChI is InChI=1S/C19H17NO3/c1-19(2)10-15-11-6-5-7-12(18(22)23)16(11)17(21)20(15)14-9-4-3-8-13(14)19/h3-9,15H,10H2,1-2H3,(H,22,23). The molecule has 1 amide bonds. The van der Waals surface area contributed by atoms with Gasteiger partial charge in [-0.2, -0.15) is 0 Å². The van der Waals surface area contributed by atoms with Crippen LogP contribution in [0.5, 0.6) is 0 Å². The number of benzene rings is 2. The molecule has 0 saturated carbocycles. The number of anilines is 1. The summed E-state index contributed by atoms with van der Waals surface area (Å²) >= 11 is 0. The van der Waals surface area contributed by atoms with Gasteiger partial charge < -0.3 is 10.0 Å². The number of rotatable bonds is 1. The number of fused-ring (bicyclic) bond motifs is 5. The van der Waals surface area contributed by atoms with Crippen molar-refractivity contribution in [2.24, 2.45) is 0 Å². The predicted molar refractivity (Wildman–Crippen MR) is 87.0 cm³/mol. The monoisotopic (exact) mass is 307 g/mol. The number of carbonyl (C=O) groups is 2. The van der Waals surface area contributed by atoms with Gasteiger partial charge in [0.05, 0.1) is 17.2 Å². The minimum atomic E-state index is -1.05. The van der Waals surface area contributed by atoms with Crippen LogP contribution in [0.2, 0.25) is 0 Å². The summed E-state index contributed by atoms with van der Waals surface area (Å²) in [6.45, 7) is 4.35. The molecule has 0 spiro atoms. The van der Waals surface area contributed by atoms with Crippen molar-refractivity contribution in [3.8, 4) is 0 Å². The fourth-order valence-corrected chi connectivity index (χ4v) is 3.99. The van der Waals surface area contributed by atoms with Gasteiger partial charge >= 0.3 is 5.97 Å². The molecule has 0 radical (unpaired) electrons. The Morgan fingerprint density at radius 2 is 1.91 bits per heavy atom. The van der Waals surface area contributed by atoms with Crippen molar-refractivity contribution in [3.63, 3.8) is 0 Å². The average molecular weight is 307 g/mol. The van der Waals surface area contributed by atoms with Gasteiger partial charge in [0, 0.05) is 5.69 Å². The van der Waals surface area contributed by atoms with Crippen LogP contribution in [-0.2, 0) is 5.41 Å². The molecule has 1 unspecified atom stereocenters. The smallest absolute Gasteiger partial charge is 0.336 e. The summed E-state index contributed by atoms with van der Waals surface area (Å²) in [7, 11) is 0. The molecule has 1 atom stereocenters. The molecule has 116 valence electrons. The molecule has 0 fully saturated rings. The van der Waals surface area contributed by atoms with Crippen LogP contribution in [0.1, 0.15) is 58.2 Å². The molecule has 2 aromatic carbocycles. The summed E-state index contributed by atoms with van der Waals surface area (Å²) in [5.41, 5.74) is 3.23. The van der Waals surface area contributed by atoms with Crippen molar-refractivity contribution in [1.82, 2.24) is 0 Å². The van der Waals surface area contributed by atoms with Crippen LogP contribution in [0.15, 0.2) is 42.5 Å². The van der Waals surface area contributed by atoms with E-state index in [4.69, 9.17) is 0 Å². The summed E-state index contributed by atoms with van der Waals surface area (Å²) in [6, 6.07) is 12.9. The molecule has 23 heavy (non-hydrogen) atoms. The van der Waals surface area contributed by atoms with Crippen LogP contribution < -0.4 is 4.90 Å². The van der Waals surface area contributed by atoms with Crippen LogP contribution in [0.3, 0.4) is 0 Å². The normalized spacial score (nSPS) is 20.7. The van der Waals surface area contributed by atoms with Gasteiger partial charge in [0.25, 0.3) is 5.91 Å². The highest BCUT2D eigenvalue weighted by Crippen LogP contribution is 2.52. The maximum atomic E-state index is 13.0. The van der Waals surface area contributed by atoms with Crippen LogP contribution in [0.4, 0.5) is 5.69 Å². The number of aromatic carboxylic acids is 1. The quantitative estimate of drug-likeness (QED) is 0.872. The molecule has 4 nitrogen and oxygen atoms in total. The maximum absolute atomic E-state index is 13.0. The molecule has 1 N–H and O–H groups in total. The zero-order chi connectivity index (χ0) is 16.4. The van der Waals surface area contributed by atoms with E-state index in [-0.39, 0.29) is 22.9 Å². The van der Waals surface area contributed by atoms with Crippen LogP contribution >= 0.6 is 0 Å². The number of nitrogens with zero attached hydrogens (tertiary/aromatic N) is 1. The van der Waals surface area contributed by atoms with E-state index >= 15 is 0 Å². The van der Waals surface area contributed by atoms with E-state index in [1.54, 1.807) is 11.0 Å². The van der Waals surface area contributed by atoms with Gasteiger partial charge in [0.2, 0.25) is 0 Å². The van der Waals surface area contributed by atoms with Crippen molar-refractivity contribution in [2.45, 2.75) is 31.7 Å². The largest absolute Gasteiger partial charge is 0.478 e. The molecule has 0 saturated heterocycles. The van der Waals surface area contributed by atoms with E-state index in [2.05, 4.69) is 19.9 Å². The Morgan fingerprint density at radius 1 is 1.17 bits per heavy atom. The molecule has 4 rings (SSSR count). The molecular weight excluding hydrogens is 290 g/mol. The summed E-state index contributed by atoms with van der Waals surface area (Å²) in [6.07, 6.45) is 0.784. The Kier molecular flexibility index (Phi) is 2.71. The van der Waals surface area contributed by atoms with Crippen molar-refractivity contribution < 1.29 is 14.7 Å². The molecule has 2 aliphatic rings. The predicted octanol–water partition coefficient (Wildman–Crippen LogP) is 3.77. The Bertz CT molecular complexity index is 853. The Balaban J connectivity index is 1.98. The Hall–Kier alpha value is -2.62. The van der Waals surface area contributed by atoms with Crippen LogP contribution in [0.25, 0.3) is 0 Å². The lowest BCUT2D eigenvalue weighted by atomic mass is 9.74. The third kappa shape index (κ3) is 1.78. The number of hydrogen-bond acceptors (Lipinski definition) is 2. The van der Waals surface area contributed by atoms with E-state index < -0.39 is 5.97 Å². The van der Waals surface area contributed by atoms with Gasteiger partial charge in [0.15, 0.2) is 0 Å². The summed E-state index contributed by atoms with van der Waals surface area (Å²) in [5, 5.41) is 9.43. The van der Waals surface area contributed by atoms with Crippen molar-refractivity contribution in [2.75, 3.05) is 4.90 Å². The molecular formula is C19H17NO3. The van der Waals surface area contributed by atoms with Gasteiger partial charge in [-0.05, 0) is 35.1 Å². The number of para-hydroxylation sites is 1. The van der Waals surface area contributed by atoms with Gasteiger partial charge in [0.1, 0.15) is 0 Å². The minimum Gasteiger partial charge on any atom is -0.478 e. The maximum Gasteiger partial charge on any atom is 0.336 e. The molecule has 0 bridgehead atoms. The number of carboxylic acids is 1. The first-order chi connectivity index (χ1) is 10.9. The lowest BCUT2D eigenvalue weighted by molar-refractivity contribution is 0.0692. The van der Waals surface area contributed by atoms with Crippen LogP contribution in [-0.4, -0.2) is 17.0 Å². The Labute approximate surface area is 134 Å². The van der Waals surface area contributed by atoms with E-state index in [0.29, 0.717) is 5.56 Å². The average Bonchev–Trinajstić information content (AvgIpc) is 2.80. The molecule has 4 heteroatoms. The van der Waals surface area contributed by atoms with E-state index in [1.165, 1.54) is 6.07 Å². The number of hydrogen-bond donors (Lipinski definition) is 1. The molecule has 2 aromatic rings. The third-order valence-electron chi connectivity index (χ3n) is 5.03. The summed E-state index contributed by atoms with van der Waals surface area (Å²) in [4.78, 5) is 26.3. The highest BCUT2D eigenvalue weighted by Gasteiger charge is 2.47. The second-order valence-corrected chi connectivity index (χ2v) is 6.87. The van der Waals surface area contributed by atoms with Gasteiger partial charge in [-0.3, -0.25) is 4.79 Å². The fourth-order valence-electron chi connectivity index (χ4n) is 3.99. The van der Waals surface area contributed by atoms with Crippen molar-refractivity contribution in [3.05, 3.63) is 64.7 Å². The van der Waals surface area contributed by atoms with Crippen LogP contribution in [0, 0.1) is 0 Å². The zero-order valence-corrected chi connectivity index (χ0v) is 13.0. The first-order valence-electron chi connectivity index (χ1n) is 7.71. The topological polar surface area (TPSA) is 57.6 Å². The molecule has 0 aliphatic carbocycles. The molecule has 2 aliphatic heterocycles. The second-order valence-electron chi connectivity index (χ2n) is 6.87. The lowest BCUT2D eigenvalue weighted by Gasteiger charge is -2.41. The summed E-state index contributed by atoms with van der Waals surface area (Å²) < 4.78 is 0. The van der Waals surface area contributed by atoms with Gasteiger partial charge in [-0.15, -0.1) is 0 Å². The molecule has 0 aromatic heterocycles. The van der Waals surface area contributed by atoms with E-state index in [9.17, 15) is 14.7 Å². The van der Waals surface area contributed by atoms with Crippen molar-refractivity contribution >= 4 is 17.6 Å². The SMILES string of the molecule is CC1(C)CC2c3cccc(C(=O)O)c3C(=O)N2c2ccccc21. The first kappa shape index (κ1) is 14.0. The minimum absolute atomic E-state index is 0.0706. The van der Waals surface area contributed by atoms with E-state index in [0.717, 1.165) is 23.2 Å². The number of carbonyl (C=O) groups excluding carboxylic acids is 1.